The topological polar surface area (TPSA) is 34.1 Å². The highest BCUT2D eigenvalue weighted by atomic mass is 79.9. The lowest BCUT2D eigenvalue weighted by atomic mass is 9.42. The van der Waals surface area contributed by atoms with Crippen LogP contribution in [-0.2, 0) is 9.59 Å². The third-order valence-corrected chi connectivity index (χ3v) is 10.1. The molecule has 0 N–H and O–H groups in total. The molecule has 0 saturated heterocycles. The average molecular weight is 405 g/mol. The highest BCUT2D eigenvalue weighted by molar-refractivity contribution is 9.10. The molecular formula is C22H29BrO2. The molecule has 0 heterocycles. The van der Waals surface area contributed by atoms with Crippen molar-refractivity contribution in [2.24, 2.45) is 40.4 Å². The molecule has 3 fully saturated rings. The maximum absolute atomic E-state index is 12.6. The van der Waals surface area contributed by atoms with Gasteiger partial charge in [-0.2, -0.15) is 0 Å². The number of fused-ring (bicyclic) bond motifs is 5. The van der Waals surface area contributed by atoms with Crippen LogP contribution in [0.4, 0.5) is 0 Å². The molecule has 0 aromatic heterocycles. The molecule has 0 aliphatic heterocycles. The predicted octanol–water partition coefficient (Wildman–Crippen LogP) is 5.12. The molecule has 0 spiro atoms. The SMILES string of the molecule is C=C1C2=CC(=O)C(Br)[C@H](C)[C@]2(C)[C@H]2CC[C@]3(C)C(=O)CC[C@H]3[C@@H]2C1C. The Balaban J connectivity index is 1.85. The van der Waals surface area contributed by atoms with Crippen LogP contribution in [0, 0.1) is 40.4 Å². The van der Waals surface area contributed by atoms with Gasteiger partial charge in [0.15, 0.2) is 5.78 Å². The standard InChI is InChI=1S/C22H29BrO2/c1-11-12(2)19-14-6-7-18(25)21(14,4)9-8-15(19)22(5)13(3)20(23)17(24)10-16(11)22/h10,12-15,19-20H,1,6-9H2,2-5H3/t12?,13-,14-,15-,19-,20?,21-,22+/m0/s1. The number of hydrogen-bond donors (Lipinski definition) is 0. The van der Waals surface area contributed by atoms with Crippen molar-refractivity contribution in [2.45, 2.75) is 58.2 Å². The fourth-order valence-electron chi connectivity index (χ4n) is 6.99. The van der Waals surface area contributed by atoms with Gasteiger partial charge in [0, 0.05) is 17.3 Å². The Hall–Kier alpha value is -0.700. The van der Waals surface area contributed by atoms with Gasteiger partial charge in [-0.15, -0.1) is 0 Å². The molecule has 2 nitrogen and oxygen atoms in total. The molecule has 4 aliphatic carbocycles. The molecule has 136 valence electrons. The summed E-state index contributed by atoms with van der Waals surface area (Å²) in [5, 5.41) is 0. The molecule has 2 unspecified atom stereocenters. The number of Topliss-reactive ketones (excluding diaryl/α,β-unsaturated/α-hetero) is 1. The number of ketones is 2. The van der Waals surface area contributed by atoms with Gasteiger partial charge in [-0.1, -0.05) is 50.2 Å². The van der Waals surface area contributed by atoms with Gasteiger partial charge >= 0.3 is 0 Å². The first-order valence-corrected chi connectivity index (χ1v) is 10.7. The van der Waals surface area contributed by atoms with Crippen LogP contribution in [0.25, 0.3) is 0 Å². The molecule has 4 rings (SSSR count). The maximum atomic E-state index is 12.6. The minimum atomic E-state index is -0.130. The van der Waals surface area contributed by atoms with Crippen LogP contribution in [0.2, 0.25) is 0 Å². The van der Waals surface area contributed by atoms with E-state index in [1.54, 1.807) is 0 Å². The molecular weight excluding hydrogens is 376 g/mol. The molecule has 4 aliphatic rings. The van der Waals surface area contributed by atoms with E-state index in [2.05, 4.69) is 50.2 Å². The van der Waals surface area contributed by atoms with Gasteiger partial charge in [0.2, 0.25) is 0 Å². The van der Waals surface area contributed by atoms with Crippen LogP contribution < -0.4 is 0 Å². The summed E-state index contributed by atoms with van der Waals surface area (Å²) in [5.41, 5.74) is 2.19. The average Bonchev–Trinajstić information content (AvgIpc) is 2.88. The second kappa shape index (κ2) is 5.41. The Morgan fingerprint density at radius 2 is 1.84 bits per heavy atom. The van der Waals surface area contributed by atoms with Gasteiger partial charge < -0.3 is 0 Å². The van der Waals surface area contributed by atoms with Crippen molar-refractivity contribution in [3.05, 3.63) is 23.8 Å². The zero-order chi connectivity index (χ0) is 18.3. The quantitative estimate of drug-likeness (QED) is 0.525. The molecule has 8 atom stereocenters. The third-order valence-electron chi connectivity index (χ3n) is 8.81. The van der Waals surface area contributed by atoms with Gasteiger partial charge in [0.1, 0.15) is 5.78 Å². The summed E-state index contributed by atoms with van der Waals surface area (Å²) in [6.45, 7) is 13.5. The highest BCUT2D eigenvalue weighted by Gasteiger charge is 2.63. The van der Waals surface area contributed by atoms with Gasteiger partial charge in [-0.3, -0.25) is 9.59 Å². The molecule has 0 amide bonds. The largest absolute Gasteiger partial charge is 0.299 e. The number of carbonyl (C=O) groups is 2. The second-order valence-electron chi connectivity index (χ2n) is 9.46. The van der Waals surface area contributed by atoms with Crippen LogP contribution in [0.3, 0.4) is 0 Å². The van der Waals surface area contributed by atoms with Gasteiger partial charge in [-0.25, -0.2) is 0 Å². The monoisotopic (exact) mass is 404 g/mol. The maximum Gasteiger partial charge on any atom is 0.169 e. The van der Waals surface area contributed by atoms with Crippen LogP contribution >= 0.6 is 15.9 Å². The lowest BCUT2D eigenvalue weighted by molar-refractivity contribution is -0.134. The van der Waals surface area contributed by atoms with Gasteiger partial charge in [0.05, 0.1) is 4.83 Å². The first-order chi connectivity index (χ1) is 11.6. The summed E-state index contributed by atoms with van der Waals surface area (Å²) >= 11 is 3.67. The predicted molar refractivity (Wildman–Crippen MR) is 103 cm³/mol. The molecule has 0 radical (unpaired) electrons. The van der Waals surface area contributed by atoms with E-state index in [4.69, 9.17) is 0 Å². The van der Waals surface area contributed by atoms with Crippen LogP contribution in [0.15, 0.2) is 23.8 Å². The molecule has 25 heavy (non-hydrogen) atoms. The van der Waals surface area contributed by atoms with Crippen LogP contribution in [-0.4, -0.2) is 16.4 Å². The minimum absolute atomic E-state index is 0.0245. The molecule has 0 aromatic rings. The van der Waals surface area contributed by atoms with Crippen molar-refractivity contribution in [3.8, 4) is 0 Å². The molecule has 3 saturated carbocycles. The molecule has 0 aromatic carbocycles. The van der Waals surface area contributed by atoms with E-state index in [-0.39, 0.29) is 27.4 Å². The summed E-state index contributed by atoms with van der Waals surface area (Å²) in [6.07, 6.45) is 5.76. The highest BCUT2D eigenvalue weighted by Crippen LogP contribution is 2.68. The zero-order valence-electron chi connectivity index (χ0n) is 15.8. The summed E-state index contributed by atoms with van der Waals surface area (Å²) in [6, 6.07) is 0. The van der Waals surface area contributed by atoms with E-state index in [0.29, 0.717) is 29.5 Å². The third kappa shape index (κ3) is 2.02. The van der Waals surface area contributed by atoms with Gasteiger partial charge in [-0.05, 0) is 66.1 Å². The van der Waals surface area contributed by atoms with Gasteiger partial charge in [0.25, 0.3) is 0 Å². The van der Waals surface area contributed by atoms with E-state index >= 15 is 0 Å². The van der Waals surface area contributed by atoms with E-state index in [1.807, 2.05) is 6.08 Å². The number of halogens is 1. The molecule has 0 bridgehead atoms. The molecule has 3 heteroatoms. The number of hydrogen-bond acceptors (Lipinski definition) is 2. The van der Waals surface area contributed by atoms with Crippen molar-refractivity contribution in [1.29, 1.82) is 0 Å². The first kappa shape index (κ1) is 17.7. The fraction of sp³-hybridized carbons (Fsp3) is 0.727. The van der Waals surface area contributed by atoms with Crippen LogP contribution in [0.1, 0.15) is 53.4 Å². The van der Waals surface area contributed by atoms with E-state index in [0.717, 1.165) is 31.3 Å². The lowest BCUT2D eigenvalue weighted by Crippen LogP contribution is -2.57. The Morgan fingerprint density at radius 3 is 2.52 bits per heavy atom. The summed E-state index contributed by atoms with van der Waals surface area (Å²) in [4.78, 5) is 25.0. The normalized spacial score (nSPS) is 52.4. The second-order valence-corrected chi connectivity index (χ2v) is 10.4. The van der Waals surface area contributed by atoms with E-state index < -0.39 is 0 Å². The zero-order valence-corrected chi connectivity index (χ0v) is 17.4. The summed E-state index contributed by atoms with van der Waals surface area (Å²) in [5.74, 6) is 2.78. The number of rotatable bonds is 0. The summed E-state index contributed by atoms with van der Waals surface area (Å²) in [7, 11) is 0. The Bertz CT molecular complexity index is 707. The Labute approximate surface area is 159 Å². The number of allylic oxidation sites excluding steroid dienone is 2. The van der Waals surface area contributed by atoms with Crippen molar-refractivity contribution in [2.75, 3.05) is 0 Å². The van der Waals surface area contributed by atoms with E-state index in [9.17, 15) is 9.59 Å². The lowest BCUT2D eigenvalue weighted by Gasteiger charge is -2.61. The fourth-order valence-corrected chi connectivity index (χ4v) is 7.67. The Morgan fingerprint density at radius 1 is 1.16 bits per heavy atom. The van der Waals surface area contributed by atoms with Crippen molar-refractivity contribution < 1.29 is 9.59 Å². The Kier molecular flexibility index (Phi) is 3.83. The van der Waals surface area contributed by atoms with Crippen molar-refractivity contribution in [3.63, 3.8) is 0 Å². The van der Waals surface area contributed by atoms with Crippen molar-refractivity contribution in [1.82, 2.24) is 0 Å². The smallest absolute Gasteiger partial charge is 0.169 e. The first-order valence-electron chi connectivity index (χ1n) is 9.76. The minimum Gasteiger partial charge on any atom is -0.299 e. The van der Waals surface area contributed by atoms with E-state index in [1.165, 1.54) is 5.57 Å². The summed E-state index contributed by atoms with van der Waals surface area (Å²) < 4.78 is 0. The number of carbonyl (C=O) groups excluding carboxylic acids is 2. The van der Waals surface area contributed by atoms with Crippen molar-refractivity contribution >= 4 is 27.5 Å². The van der Waals surface area contributed by atoms with Crippen LogP contribution in [0.5, 0.6) is 0 Å². The number of alkyl halides is 1.